The molecular weight excluding hydrogens is 573 g/mol. The van der Waals surface area contributed by atoms with E-state index in [1.807, 2.05) is 0 Å². The predicted octanol–water partition coefficient (Wildman–Crippen LogP) is -2.54. The van der Waals surface area contributed by atoms with Gasteiger partial charge >= 0.3 is 41.4 Å². The fourth-order valence-corrected chi connectivity index (χ4v) is 5.01. The predicted molar refractivity (Wildman–Crippen MR) is 103 cm³/mol. The lowest BCUT2D eigenvalue weighted by atomic mass is 9.99. The second kappa shape index (κ2) is 13.4. The summed E-state index contributed by atoms with van der Waals surface area (Å²) in [6, 6.07) is 0. The first-order valence-corrected chi connectivity index (χ1v) is 13.4. The molecule has 0 radical (unpaired) electrons. The Balaban J connectivity index is 3.40. The Kier molecular flexibility index (Phi) is 12.2. The molecule has 210 valence electrons. The number of aliphatic hydroxyl groups excluding tert-OH is 2. The number of carbonyl (C=O) groups is 3. The summed E-state index contributed by atoms with van der Waals surface area (Å²) in [6.07, 6.45) is -11.9. The fourth-order valence-electron chi connectivity index (χ4n) is 2.36. The number of aliphatic carboxylic acids is 3. The Bertz CT molecular complexity index is 935. The van der Waals surface area contributed by atoms with Crippen molar-refractivity contribution in [2.24, 2.45) is 0 Å². The van der Waals surface area contributed by atoms with Crippen LogP contribution in [0.15, 0.2) is 0 Å². The minimum Gasteiger partial charge on any atom is -0.480 e. The smallest absolute Gasteiger partial charge is 0.473 e. The summed E-state index contributed by atoms with van der Waals surface area (Å²) < 4.78 is 67.3. The van der Waals surface area contributed by atoms with Crippen molar-refractivity contribution in [2.45, 2.75) is 30.7 Å². The van der Waals surface area contributed by atoms with Crippen molar-refractivity contribution in [3.63, 3.8) is 0 Å². The Labute approximate surface area is 199 Å². The molecular formula is C12H21O21P3. The van der Waals surface area contributed by atoms with Crippen LogP contribution in [-0.2, 0) is 60.0 Å². The summed E-state index contributed by atoms with van der Waals surface area (Å²) >= 11 is 0. The van der Waals surface area contributed by atoms with Crippen LogP contribution in [0.2, 0.25) is 0 Å². The molecule has 1 aliphatic heterocycles. The van der Waals surface area contributed by atoms with Crippen molar-refractivity contribution in [2.75, 3.05) is 26.4 Å². The first-order valence-electron chi connectivity index (χ1n) is 8.95. The van der Waals surface area contributed by atoms with Crippen LogP contribution >= 0.6 is 23.5 Å². The molecule has 0 spiro atoms. The summed E-state index contributed by atoms with van der Waals surface area (Å²) in [5, 5.41) is 45.4. The van der Waals surface area contributed by atoms with E-state index in [0.717, 1.165) is 0 Å². The summed E-state index contributed by atoms with van der Waals surface area (Å²) in [5.41, 5.74) is 0. The molecule has 8 N–H and O–H groups in total. The highest BCUT2D eigenvalue weighted by Gasteiger charge is 2.54. The van der Waals surface area contributed by atoms with Gasteiger partial charge in [-0.15, -0.1) is 0 Å². The Morgan fingerprint density at radius 1 is 0.667 bits per heavy atom. The summed E-state index contributed by atoms with van der Waals surface area (Å²) in [7, 11) is -16.5. The number of hydrogen-bond donors (Lipinski definition) is 8. The van der Waals surface area contributed by atoms with Gasteiger partial charge in [0.1, 0.15) is 24.4 Å². The third kappa shape index (κ3) is 11.3. The lowest BCUT2D eigenvalue weighted by Gasteiger charge is -2.43. The van der Waals surface area contributed by atoms with Crippen LogP contribution in [0, 0.1) is 0 Å². The van der Waals surface area contributed by atoms with E-state index >= 15 is 0 Å². The van der Waals surface area contributed by atoms with Gasteiger partial charge in [0, 0.05) is 0 Å². The van der Waals surface area contributed by atoms with Gasteiger partial charge in [-0.25, -0.2) is 28.1 Å². The summed E-state index contributed by atoms with van der Waals surface area (Å²) in [5.74, 6) is -5.30. The molecule has 0 aromatic rings. The van der Waals surface area contributed by atoms with Crippen LogP contribution in [0.25, 0.3) is 0 Å². The molecule has 0 aromatic carbocycles. The zero-order valence-electron chi connectivity index (χ0n) is 17.4. The van der Waals surface area contributed by atoms with E-state index in [1.54, 1.807) is 0 Å². The van der Waals surface area contributed by atoms with Crippen LogP contribution in [-0.4, -0.2) is 115 Å². The highest BCUT2D eigenvalue weighted by Crippen LogP contribution is 2.54. The largest absolute Gasteiger partial charge is 0.480 e. The number of phosphoric ester groups is 3. The van der Waals surface area contributed by atoms with Gasteiger partial charge in [0.15, 0.2) is 26.1 Å². The first kappa shape index (κ1) is 32.6. The average Bonchev–Trinajstić information content (AvgIpc) is 2.73. The first-order chi connectivity index (χ1) is 16.4. The van der Waals surface area contributed by atoms with Crippen molar-refractivity contribution in [3.8, 4) is 0 Å². The third-order valence-corrected chi connectivity index (χ3v) is 6.50. The van der Waals surface area contributed by atoms with Gasteiger partial charge in [-0.3, -0.25) is 27.1 Å². The zero-order chi connectivity index (χ0) is 27.9. The molecule has 4 unspecified atom stereocenters. The van der Waals surface area contributed by atoms with E-state index in [4.69, 9.17) is 20.1 Å². The molecule has 0 amide bonds. The lowest BCUT2D eigenvalue weighted by molar-refractivity contribution is -0.277. The molecule has 1 rings (SSSR count). The van der Waals surface area contributed by atoms with Crippen molar-refractivity contribution >= 4 is 41.4 Å². The van der Waals surface area contributed by atoms with Gasteiger partial charge in [0.25, 0.3) is 0 Å². The highest BCUT2D eigenvalue weighted by molar-refractivity contribution is 7.48. The zero-order valence-corrected chi connectivity index (χ0v) is 20.1. The summed E-state index contributed by atoms with van der Waals surface area (Å²) in [6.45, 7) is -5.53. The normalized spacial score (nSPS) is 29.4. The molecule has 1 aliphatic rings. The van der Waals surface area contributed by atoms with Crippen LogP contribution in [0.1, 0.15) is 0 Å². The monoisotopic (exact) mass is 594 g/mol. The average molecular weight is 594 g/mol. The Hall–Kier alpha value is -1.38. The molecule has 0 aromatic heterocycles. The Morgan fingerprint density at radius 3 is 1.33 bits per heavy atom. The van der Waals surface area contributed by atoms with E-state index in [9.17, 15) is 53.0 Å². The minimum absolute atomic E-state index is 1.22. The van der Waals surface area contributed by atoms with Gasteiger partial charge in [0.2, 0.25) is 0 Å². The Morgan fingerprint density at radius 2 is 1.00 bits per heavy atom. The number of hydrogen-bond acceptors (Lipinski definition) is 15. The van der Waals surface area contributed by atoms with Gasteiger partial charge in [-0.2, -0.15) is 0 Å². The maximum Gasteiger partial charge on any atom is 0.473 e. The fraction of sp³-hybridized carbons (Fsp3) is 0.750. The van der Waals surface area contributed by atoms with Crippen molar-refractivity contribution in [3.05, 3.63) is 0 Å². The number of rotatable bonds is 16. The van der Waals surface area contributed by atoms with Crippen LogP contribution in [0.3, 0.4) is 0 Å². The van der Waals surface area contributed by atoms with Crippen LogP contribution in [0.5, 0.6) is 0 Å². The maximum absolute atomic E-state index is 12.2. The molecule has 0 saturated carbocycles. The van der Waals surface area contributed by atoms with E-state index < -0.39 is 98.5 Å². The topological polar surface area (TPSA) is 329 Å². The van der Waals surface area contributed by atoms with Gasteiger partial charge in [-0.05, 0) is 0 Å². The van der Waals surface area contributed by atoms with E-state index in [1.165, 1.54) is 0 Å². The van der Waals surface area contributed by atoms with Crippen LogP contribution < -0.4 is 0 Å². The highest BCUT2D eigenvalue weighted by atomic mass is 31.2. The lowest BCUT2D eigenvalue weighted by Crippen LogP contribution is -2.60. The van der Waals surface area contributed by atoms with Gasteiger partial charge in [0.05, 0.1) is 6.61 Å². The minimum atomic E-state index is -5.55. The molecule has 1 saturated heterocycles. The maximum atomic E-state index is 12.2. The second-order valence-corrected chi connectivity index (χ2v) is 10.6. The van der Waals surface area contributed by atoms with Gasteiger partial charge < -0.3 is 44.9 Å². The van der Waals surface area contributed by atoms with Gasteiger partial charge in [-0.1, -0.05) is 0 Å². The SMILES string of the molecule is O=C(O)COP(=O)(O)O[C@@H]1[C@H](OP(=O)(O)OCC(=O)O)[C@@H](CO)OC(O)[C@H]1OP(=O)(O)OCC(=O)O. The molecule has 24 heteroatoms. The molecule has 36 heavy (non-hydrogen) atoms. The van der Waals surface area contributed by atoms with E-state index in [-0.39, 0.29) is 0 Å². The number of phosphoric acid groups is 3. The third-order valence-electron chi connectivity index (χ3n) is 3.61. The molecule has 1 fully saturated rings. The van der Waals surface area contributed by atoms with Crippen molar-refractivity contribution < 1.29 is 100 Å². The van der Waals surface area contributed by atoms with Crippen molar-refractivity contribution in [1.82, 2.24) is 0 Å². The molecule has 0 aliphatic carbocycles. The second-order valence-electron chi connectivity index (χ2n) is 6.36. The number of ether oxygens (including phenoxy) is 1. The molecule has 21 nitrogen and oxygen atoms in total. The van der Waals surface area contributed by atoms with Crippen molar-refractivity contribution in [1.29, 1.82) is 0 Å². The molecule has 1 heterocycles. The number of carboxylic acid groups (broad SMARTS) is 3. The summed E-state index contributed by atoms with van der Waals surface area (Å²) in [4.78, 5) is 61.1. The number of carboxylic acids is 3. The number of aliphatic hydroxyl groups is 2. The van der Waals surface area contributed by atoms with E-state index in [0.29, 0.717) is 0 Å². The standard InChI is InChI=1S/C12H21O21P3/c13-1-5-9(31-34(21,22)27-2-6(14)15)10(32-35(23,24)28-3-7(16)17)11(12(20)30-5)33-36(25,26)29-4-8(18)19/h5,9-13,20H,1-4H2,(H,14,15)(H,16,17)(H,18,19)(H,21,22)(H,23,24)(H,25,26)/t5-,9-,10-,11+,12?/m1/s1. The quantitative estimate of drug-likeness (QED) is 0.0853. The molecule has 8 atom stereocenters. The molecule has 0 bridgehead atoms. The van der Waals surface area contributed by atoms with Crippen LogP contribution in [0.4, 0.5) is 0 Å². The van der Waals surface area contributed by atoms with E-state index in [2.05, 4.69) is 27.1 Å².